The van der Waals surface area contributed by atoms with Gasteiger partial charge in [-0.25, -0.2) is 9.98 Å². The first kappa shape index (κ1) is 25.3. The number of carbonyl (C=O) groups excluding carboxylic acids is 1. The summed E-state index contributed by atoms with van der Waals surface area (Å²) in [6.45, 7) is 20.2. The number of ketones is 1. The quantitative estimate of drug-likeness (QED) is 0.421. The van der Waals surface area contributed by atoms with Crippen LogP contribution in [0.25, 0.3) is 0 Å². The molecule has 0 aromatic carbocycles. The van der Waals surface area contributed by atoms with Crippen LogP contribution in [-0.2, 0) is 4.79 Å². The van der Waals surface area contributed by atoms with Crippen LogP contribution >= 0.6 is 11.8 Å². The van der Waals surface area contributed by atoms with Gasteiger partial charge in [0.1, 0.15) is 5.04 Å². The van der Waals surface area contributed by atoms with Gasteiger partial charge in [-0.1, -0.05) is 50.6 Å². The van der Waals surface area contributed by atoms with Crippen molar-refractivity contribution in [2.24, 2.45) is 9.98 Å². The molecule has 0 saturated heterocycles. The minimum absolute atomic E-state index is 0.00617. The van der Waals surface area contributed by atoms with Crippen LogP contribution in [0.1, 0.15) is 20.3 Å². The first-order valence-corrected chi connectivity index (χ1v) is 10.5. The Morgan fingerprint density at radius 2 is 2.07 bits per heavy atom. The van der Waals surface area contributed by atoms with Crippen LogP contribution in [0, 0.1) is 0 Å². The topological polar surface area (TPSA) is 48.3 Å². The number of hydrogen-bond acceptors (Lipinski definition) is 6. The van der Waals surface area contributed by atoms with Gasteiger partial charge in [-0.15, -0.1) is 6.58 Å². The molecular weight excluding hydrogens is 392 g/mol. The molecule has 0 amide bonds. The van der Waals surface area contributed by atoms with E-state index in [4.69, 9.17) is 0 Å². The fourth-order valence-corrected chi connectivity index (χ4v) is 3.40. The van der Waals surface area contributed by atoms with Crippen molar-refractivity contribution in [3.63, 3.8) is 0 Å². The van der Waals surface area contributed by atoms with Crippen LogP contribution < -0.4 is 0 Å². The molecule has 160 valence electrons. The van der Waals surface area contributed by atoms with E-state index in [1.165, 1.54) is 11.8 Å². The van der Waals surface area contributed by atoms with Crippen LogP contribution in [0.2, 0.25) is 0 Å². The third kappa shape index (κ3) is 7.61. The minimum Gasteiger partial charge on any atom is -0.329 e. The molecule has 2 aliphatic heterocycles. The maximum absolute atomic E-state index is 12.6. The highest BCUT2D eigenvalue weighted by Gasteiger charge is 2.32. The monoisotopic (exact) mass is 424 g/mol. The third-order valence-electron chi connectivity index (χ3n) is 3.97. The predicted octanol–water partition coefficient (Wildman–Crippen LogP) is 5.12. The zero-order valence-electron chi connectivity index (χ0n) is 18.5. The summed E-state index contributed by atoms with van der Waals surface area (Å²) in [5, 5.41) is 0.696. The van der Waals surface area contributed by atoms with Gasteiger partial charge in [0, 0.05) is 24.0 Å². The summed E-state index contributed by atoms with van der Waals surface area (Å²) in [5.74, 6) is 0.00617. The molecule has 2 aliphatic rings. The molecule has 0 N–H and O–H groups in total. The lowest BCUT2D eigenvalue weighted by Crippen LogP contribution is -2.26. The molecule has 6 heteroatoms. The second kappa shape index (κ2) is 12.8. The molecule has 0 fully saturated rings. The van der Waals surface area contributed by atoms with Gasteiger partial charge in [-0.2, -0.15) is 0 Å². The highest BCUT2D eigenvalue weighted by molar-refractivity contribution is 8.19. The van der Waals surface area contributed by atoms with E-state index in [0.717, 1.165) is 24.2 Å². The number of nitrogens with zero attached hydrogens (tertiary/aromatic N) is 4. The summed E-state index contributed by atoms with van der Waals surface area (Å²) < 4.78 is 0. The Bertz CT molecular complexity index is 856. The Balaban J connectivity index is 0.00000103. The number of likely N-dealkylation sites (N-methyl/N-ethyl adjacent to an activating group) is 1. The average Bonchev–Trinajstić information content (AvgIpc) is 2.90. The van der Waals surface area contributed by atoms with Crippen LogP contribution in [0.3, 0.4) is 0 Å². The lowest BCUT2D eigenvalue weighted by atomic mass is 10.2. The fourth-order valence-electron chi connectivity index (χ4n) is 2.42. The Kier molecular flexibility index (Phi) is 10.8. The van der Waals surface area contributed by atoms with Crippen LogP contribution in [0.4, 0.5) is 0 Å². The Morgan fingerprint density at radius 3 is 2.63 bits per heavy atom. The zero-order valence-corrected chi connectivity index (χ0v) is 19.3. The first-order valence-electron chi connectivity index (χ1n) is 9.67. The maximum atomic E-state index is 12.6. The number of Topliss-reactive ketones (excluding diaryl/α,β-unsaturated/α-hetero) is 1. The molecule has 0 radical (unpaired) electrons. The molecule has 0 atom stereocenters. The van der Waals surface area contributed by atoms with Gasteiger partial charge in [0.05, 0.1) is 23.5 Å². The van der Waals surface area contributed by atoms with Crippen LogP contribution in [0.15, 0.2) is 94.3 Å². The van der Waals surface area contributed by atoms with Gasteiger partial charge >= 0.3 is 0 Å². The summed E-state index contributed by atoms with van der Waals surface area (Å²) in [6.07, 6.45) is 11.7. The number of aliphatic imine (C=N–C) groups is 2. The van der Waals surface area contributed by atoms with Crippen molar-refractivity contribution in [1.29, 1.82) is 0 Å². The number of hydrogen-bond donors (Lipinski definition) is 0. The molecular formula is C24H32N4OS. The fraction of sp³-hybridized carbons (Fsp3) is 0.292. The van der Waals surface area contributed by atoms with Gasteiger partial charge in [-0.3, -0.25) is 4.79 Å². The van der Waals surface area contributed by atoms with Crippen molar-refractivity contribution >= 4 is 28.9 Å². The Labute approximate surface area is 185 Å². The molecule has 0 bridgehead atoms. The summed E-state index contributed by atoms with van der Waals surface area (Å²) in [5.41, 5.74) is 3.14. The summed E-state index contributed by atoms with van der Waals surface area (Å²) in [4.78, 5) is 26.0. The third-order valence-corrected chi connectivity index (χ3v) is 5.14. The molecule has 2 rings (SSSR count). The molecule has 0 saturated carbocycles. The highest BCUT2D eigenvalue weighted by atomic mass is 32.2. The summed E-state index contributed by atoms with van der Waals surface area (Å²) >= 11 is 1.33. The standard InChI is InChI=1S/C20H24N4OS.C4H8/c1-7-8-15(3)24-12-17(25)19-18(22-13-24)16(4)20(26-19)21-10-9-14(2)11-23(5)6;1-3-4-2/h7-10,13H,1-2,4,11-12H2,3,5-6H3;3H,1,4H2,2H3/b10-9-,15-8+,21-20?;. The minimum atomic E-state index is 0.00617. The summed E-state index contributed by atoms with van der Waals surface area (Å²) in [7, 11) is 3.97. The number of carbonyl (C=O) groups is 1. The SMILES string of the molecule is C=C/C=C(\C)N1C=NC2=C(SC(=N/C=C\C(=C)CN(C)C)C2=C)C(=O)C1.C=CCC. The lowest BCUT2D eigenvalue weighted by molar-refractivity contribution is -0.114. The second-order valence-corrected chi connectivity index (χ2v) is 7.94. The van der Waals surface area contributed by atoms with Crippen molar-refractivity contribution in [3.8, 4) is 0 Å². The second-order valence-electron chi connectivity index (χ2n) is 6.94. The molecule has 0 spiro atoms. The van der Waals surface area contributed by atoms with Crippen molar-refractivity contribution in [2.75, 3.05) is 27.2 Å². The summed E-state index contributed by atoms with van der Waals surface area (Å²) in [6, 6.07) is 0. The maximum Gasteiger partial charge on any atom is 0.191 e. The van der Waals surface area contributed by atoms with E-state index in [1.54, 1.807) is 23.5 Å². The van der Waals surface area contributed by atoms with E-state index in [9.17, 15) is 4.79 Å². The largest absolute Gasteiger partial charge is 0.329 e. The zero-order chi connectivity index (χ0) is 22.7. The van der Waals surface area contributed by atoms with Gasteiger partial charge in [-0.05, 0) is 45.2 Å². The molecule has 0 unspecified atom stereocenters. The van der Waals surface area contributed by atoms with E-state index >= 15 is 0 Å². The molecule has 2 heterocycles. The Hall–Kier alpha value is -2.70. The predicted molar refractivity (Wildman–Crippen MR) is 133 cm³/mol. The molecule has 0 aromatic rings. The van der Waals surface area contributed by atoms with Gasteiger partial charge in [0.2, 0.25) is 0 Å². The molecule has 5 nitrogen and oxygen atoms in total. The van der Waals surface area contributed by atoms with Crippen molar-refractivity contribution in [2.45, 2.75) is 20.3 Å². The normalized spacial score (nSPS) is 18.0. The molecule has 0 aromatic heterocycles. The average molecular weight is 425 g/mol. The number of thioether (sulfide) groups is 1. The van der Waals surface area contributed by atoms with Gasteiger partial charge in [0.25, 0.3) is 0 Å². The van der Waals surface area contributed by atoms with E-state index in [2.05, 4.69) is 43.2 Å². The van der Waals surface area contributed by atoms with Gasteiger partial charge < -0.3 is 9.80 Å². The van der Waals surface area contributed by atoms with Gasteiger partial charge in [0.15, 0.2) is 5.78 Å². The van der Waals surface area contributed by atoms with Crippen molar-refractivity contribution < 1.29 is 4.79 Å². The van der Waals surface area contributed by atoms with Crippen LogP contribution in [0.5, 0.6) is 0 Å². The number of allylic oxidation sites excluding steroid dienone is 5. The highest BCUT2D eigenvalue weighted by Crippen LogP contribution is 2.39. The van der Waals surface area contributed by atoms with E-state index < -0.39 is 0 Å². The van der Waals surface area contributed by atoms with E-state index in [-0.39, 0.29) is 12.3 Å². The Morgan fingerprint density at radius 1 is 1.40 bits per heavy atom. The lowest BCUT2D eigenvalue weighted by Gasteiger charge is -2.17. The van der Waals surface area contributed by atoms with Crippen LogP contribution in [-0.4, -0.2) is 54.2 Å². The first-order chi connectivity index (χ1) is 14.2. The smallest absolute Gasteiger partial charge is 0.191 e. The van der Waals surface area contributed by atoms with E-state index in [1.807, 2.05) is 44.1 Å². The number of rotatable bonds is 7. The van der Waals surface area contributed by atoms with Crippen molar-refractivity contribution in [1.82, 2.24) is 9.80 Å². The van der Waals surface area contributed by atoms with Crippen molar-refractivity contribution in [3.05, 3.63) is 84.3 Å². The molecule has 30 heavy (non-hydrogen) atoms. The molecule has 0 aliphatic carbocycles. The van der Waals surface area contributed by atoms with E-state index in [0.29, 0.717) is 21.2 Å².